The lowest BCUT2D eigenvalue weighted by Crippen LogP contribution is -2.51. The number of morpholine rings is 1. The molecule has 0 radical (unpaired) electrons. The number of hydrogen-bond donors (Lipinski definition) is 2. The lowest BCUT2D eigenvalue weighted by molar-refractivity contribution is -0.0213. The van der Waals surface area contributed by atoms with Gasteiger partial charge in [0.1, 0.15) is 6.10 Å². The number of nitrogens with one attached hydrogen (secondary N) is 2. The van der Waals surface area contributed by atoms with Crippen LogP contribution in [0.2, 0.25) is 0 Å². The third-order valence-corrected chi connectivity index (χ3v) is 4.53. The van der Waals surface area contributed by atoms with Crippen molar-refractivity contribution in [1.82, 2.24) is 30.6 Å². The summed E-state index contributed by atoms with van der Waals surface area (Å²) in [6.45, 7) is 3.18. The standard InChI is InChI=1S/C15H20N6O3/c1-9-17-14(20-24-9)13-8-21(4-5-23-13)15(22)18-11-2-3-12-10(6-11)7-16-19-12/h7,11,13H,2-6,8H2,1H3,(H,16,19)(H,18,22). The molecule has 4 rings (SSSR count). The van der Waals surface area contributed by atoms with E-state index in [9.17, 15) is 4.79 Å². The average molecular weight is 332 g/mol. The van der Waals surface area contributed by atoms with E-state index in [1.807, 2.05) is 6.20 Å². The monoisotopic (exact) mass is 332 g/mol. The van der Waals surface area contributed by atoms with Gasteiger partial charge >= 0.3 is 6.03 Å². The van der Waals surface area contributed by atoms with E-state index in [0.717, 1.165) is 19.3 Å². The van der Waals surface area contributed by atoms with Crippen molar-refractivity contribution in [2.75, 3.05) is 19.7 Å². The second-order valence-corrected chi connectivity index (χ2v) is 6.24. The molecule has 1 aliphatic carbocycles. The van der Waals surface area contributed by atoms with Crippen molar-refractivity contribution < 1.29 is 14.1 Å². The molecular formula is C15H20N6O3. The van der Waals surface area contributed by atoms with Crippen molar-refractivity contribution in [2.45, 2.75) is 38.3 Å². The maximum Gasteiger partial charge on any atom is 0.317 e. The molecule has 2 aromatic heterocycles. The van der Waals surface area contributed by atoms with Gasteiger partial charge < -0.3 is 19.5 Å². The van der Waals surface area contributed by atoms with E-state index in [1.54, 1.807) is 11.8 Å². The number of hydrogen-bond acceptors (Lipinski definition) is 6. The van der Waals surface area contributed by atoms with E-state index in [-0.39, 0.29) is 18.2 Å². The van der Waals surface area contributed by atoms with Gasteiger partial charge in [-0.1, -0.05) is 5.16 Å². The van der Waals surface area contributed by atoms with Gasteiger partial charge in [-0.2, -0.15) is 10.1 Å². The summed E-state index contributed by atoms with van der Waals surface area (Å²) in [5.74, 6) is 0.985. The van der Waals surface area contributed by atoms with Crippen LogP contribution in [0.4, 0.5) is 4.79 Å². The third kappa shape index (κ3) is 2.99. The van der Waals surface area contributed by atoms with Gasteiger partial charge in [0.05, 0.1) is 19.3 Å². The zero-order chi connectivity index (χ0) is 16.5. The summed E-state index contributed by atoms with van der Waals surface area (Å²) in [7, 11) is 0. The highest BCUT2D eigenvalue weighted by molar-refractivity contribution is 5.74. The minimum atomic E-state index is -0.339. The molecule has 2 N–H and O–H groups in total. The number of carbonyl (C=O) groups is 1. The van der Waals surface area contributed by atoms with Gasteiger partial charge in [0, 0.05) is 25.2 Å². The maximum absolute atomic E-state index is 12.6. The molecule has 3 heterocycles. The van der Waals surface area contributed by atoms with Gasteiger partial charge in [-0.25, -0.2) is 4.79 Å². The zero-order valence-electron chi connectivity index (χ0n) is 13.5. The van der Waals surface area contributed by atoms with Gasteiger partial charge in [-0.15, -0.1) is 0 Å². The van der Waals surface area contributed by atoms with Crippen molar-refractivity contribution in [3.8, 4) is 0 Å². The molecule has 1 aliphatic heterocycles. The number of fused-ring (bicyclic) bond motifs is 1. The lowest BCUT2D eigenvalue weighted by atomic mass is 9.94. The van der Waals surface area contributed by atoms with Crippen LogP contribution in [0.15, 0.2) is 10.7 Å². The molecule has 9 heteroatoms. The first kappa shape index (κ1) is 15.1. The first-order valence-corrected chi connectivity index (χ1v) is 8.17. The van der Waals surface area contributed by atoms with E-state index in [1.165, 1.54) is 11.3 Å². The summed E-state index contributed by atoms with van der Waals surface area (Å²) in [4.78, 5) is 18.5. The second kappa shape index (κ2) is 6.23. The number of ether oxygens (including phenoxy) is 1. The Morgan fingerprint density at radius 1 is 1.50 bits per heavy atom. The van der Waals surface area contributed by atoms with Crippen molar-refractivity contribution in [1.29, 1.82) is 0 Å². The molecule has 0 aromatic carbocycles. The maximum atomic E-state index is 12.6. The first-order valence-electron chi connectivity index (χ1n) is 8.17. The molecule has 9 nitrogen and oxygen atoms in total. The number of rotatable bonds is 2. The second-order valence-electron chi connectivity index (χ2n) is 6.24. The molecule has 0 spiro atoms. The van der Waals surface area contributed by atoms with E-state index in [0.29, 0.717) is 31.4 Å². The summed E-state index contributed by atoms with van der Waals surface area (Å²) >= 11 is 0. The number of amides is 2. The largest absolute Gasteiger partial charge is 0.366 e. The fraction of sp³-hybridized carbons (Fsp3) is 0.600. The Morgan fingerprint density at radius 3 is 3.25 bits per heavy atom. The number of aromatic amines is 1. The highest BCUT2D eigenvalue weighted by Gasteiger charge is 2.30. The van der Waals surface area contributed by atoms with Crippen molar-refractivity contribution in [2.24, 2.45) is 0 Å². The molecule has 2 unspecified atom stereocenters. The van der Waals surface area contributed by atoms with Gasteiger partial charge in [-0.05, 0) is 24.8 Å². The molecule has 1 fully saturated rings. The first-order chi connectivity index (χ1) is 11.7. The van der Waals surface area contributed by atoms with Crippen LogP contribution in [0.1, 0.15) is 35.5 Å². The Labute approximate surface area is 138 Å². The van der Waals surface area contributed by atoms with E-state index >= 15 is 0 Å². The Hall–Kier alpha value is -2.42. The molecule has 2 atom stereocenters. The Morgan fingerprint density at radius 2 is 2.42 bits per heavy atom. The number of aromatic nitrogens is 4. The van der Waals surface area contributed by atoms with Crippen LogP contribution in [-0.4, -0.2) is 57.0 Å². The predicted molar refractivity (Wildman–Crippen MR) is 82.2 cm³/mol. The topological polar surface area (TPSA) is 109 Å². The van der Waals surface area contributed by atoms with Crippen LogP contribution < -0.4 is 5.32 Å². The van der Waals surface area contributed by atoms with E-state index in [2.05, 4.69) is 25.7 Å². The van der Waals surface area contributed by atoms with E-state index < -0.39 is 0 Å². The summed E-state index contributed by atoms with van der Waals surface area (Å²) in [6, 6.07) is 0.0665. The molecule has 24 heavy (non-hydrogen) atoms. The highest BCUT2D eigenvalue weighted by atomic mass is 16.5. The number of urea groups is 1. The fourth-order valence-corrected chi connectivity index (χ4v) is 3.24. The summed E-state index contributed by atoms with van der Waals surface area (Å²) in [5.41, 5.74) is 2.37. The van der Waals surface area contributed by atoms with Crippen molar-refractivity contribution in [3.05, 3.63) is 29.2 Å². The lowest BCUT2D eigenvalue weighted by Gasteiger charge is -2.33. The minimum absolute atomic E-state index is 0.0690. The van der Waals surface area contributed by atoms with Crippen LogP contribution in [0.3, 0.4) is 0 Å². The average Bonchev–Trinajstić information content (AvgIpc) is 3.23. The van der Waals surface area contributed by atoms with Crippen LogP contribution in [0.25, 0.3) is 0 Å². The van der Waals surface area contributed by atoms with Gasteiger partial charge in [0.25, 0.3) is 0 Å². The number of H-pyrrole nitrogens is 1. The van der Waals surface area contributed by atoms with Gasteiger partial charge in [-0.3, -0.25) is 5.10 Å². The van der Waals surface area contributed by atoms with Crippen LogP contribution in [0, 0.1) is 6.92 Å². The normalized spacial score (nSPS) is 23.8. The van der Waals surface area contributed by atoms with Crippen LogP contribution >= 0.6 is 0 Å². The Kier molecular flexibility index (Phi) is 3.93. The summed E-state index contributed by atoms with van der Waals surface area (Å²) < 4.78 is 10.7. The molecule has 2 aliphatic rings. The highest BCUT2D eigenvalue weighted by Crippen LogP contribution is 2.21. The molecule has 1 saturated heterocycles. The van der Waals surface area contributed by atoms with Gasteiger partial charge in [0.2, 0.25) is 11.7 Å². The van der Waals surface area contributed by atoms with Crippen molar-refractivity contribution >= 4 is 6.03 Å². The quantitative estimate of drug-likeness (QED) is 0.839. The van der Waals surface area contributed by atoms with E-state index in [4.69, 9.17) is 9.26 Å². The molecule has 0 bridgehead atoms. The molecule has 2 aromatic rings. The van der Waals surface area contributed by atoms with Crippen molar-refractivity contribution in [3.63, 3.8) is 0 Å². The molecule has 128 valence electrons. The number of nitrogens with zero attached hydrogens (tertiary/aromatic N) is 4. The number of aryl methyl sites for hydroxylation is 2. The molecule has 2 amide bonds. The third-order valence-electron chi connectivity index (χ3n) is 4.53. The zero-order valence-corrected chi connectivity index (χ0v) is 13.5. The SMILES string of the molecule is Cc1nc(C2CN(C(=O)NC3CCc4[nH]ncc4C3)CCO2)no1. The minimum Gasteiger partial charge on any atom is -0.366 e. The summed E-state index contributed by atoms with van der Waals surface area (Å²) in [6.07, 6.45) is 4.15. The Balaban J connectivity index is 1.36. The number of carbonyl (C=O) groups excluding carboxylic acids is 1. The van der Waals surface area contributed by atoms with Crippen LogP contribution in [-0.2, 0) is 17.6 Å². The fourth-order valence-electron chi connectivity index (χ4n) is 3.24. The molecular weight excluding hydrogens is 312 g/mol. The van der Waals surface area contributed by atoms with Gasteiger partial charge in [0.15, 0.2) is 0 Å². The summed E-state index contributed by atoms with van der Waals surface area (Å²) in [5, 5.41) is 14.1. The molecule has 0 saturated carbocycles. The smallest absolute Gasteiger partial charge is 0.317 e. The van der Waals surface area contributed by atoms with Crippen LogP contribution in [0.5, 0.6) is 0 Å². The predicted octanol–water partition coefficient (Wildman–Crippen LogP) is 0.742. The Bertz CT molecular complexity index is 726.